The predicted octanol–water partition coefficient (Wildman–Crippen LogP) is 4.21. The molecule has 21 heavy (non-hydrogen) atoms. The molecule has 0 saturated carbocycles. The summed E-state index contributed by atoms with van der Waals surface area (Å²) in [5.41, 5.74) is 3.54. The Morgan fingerprint density at radius 3 is 2.71 bits per heavy atom. The van der Waals surface area contributed by atoms with Crippen LogP contribution >= 0.6 is 11.8 Å². The molecule has 0 amide bonds. The van der Waals surface area contributed by atoms with Crippen LogP contribution in [0.25, 0.3) is 5.69 Å². The molecular formula is C17H17N3S. The maximum absolute atomic E-state index is 4.06. The van der Waals surface area contributed by atoms with Gasteiger partial charge in [-0.2, -0.15) is 0 Å². The molecule has 0 atom stereocenters. The average molecular weight is 295 g/mol. The summed E-state index contributed by atoms with van der Waals surface area (Å²) in [4.78, 5) is 5.34. The SMILES string of the molecule is CSc1cccc(NCc2ccc(-n3ccnc3)cc2)c1. The highest BCUT2D eigenvalue weighted by Gasteiger charge is 1.98. The zero-order chi connectivity index (χ0) is 14.5. The number of thioether (sulfide) groups is 1. The van der Waals surface area contributed by atoms with E-state index in [1.165, 1.54) is 10.5 Å². The van der Waals surface area contributed by atoms with Crippen molar-refractivity contribution < 1.29 is 0 Å². The Morgan fingerprint density at radius 2 is 2.00 bits per heavy atom. The van der Waals surface area contributed by atoms with E-state index < -0.39 is 0 Å². The number of anilines is 1. The maximum Gasteiger partial charge on any atom is 0.0991 e. The minimum atomic E-state index is 0.821. The normalized spacial score (nSPS) is 10.5. The van der Waals surface area contributed by atoms with E-state index in [-0.39, 0.29) is 0 Å². The summed E-state index contributed by atoms with van der Waals surface area (Å²) >= 11 is 1.76. The van der Waals surface area contributed by atoms with Gasteiger partial charge in [0, 0.05) is 35.2 Å². The Balaban J connectivity index is 1.65. The molecule has 0 aliphatic heterocycles. The average Bonchev–Trinajstić information content (AvgIpc) is 3.08. The van der Waals surface area contributed by atoms with Crippen LogP contribution in [0, 0.1) is 0 Å². The molecule has 4 heteroatoms. The Kier molecular flexibility index (Phi) is 4.26. The van der Waals surface area contributed by atoms with E-state index in [0.717, 1.165) is 17.9 Å². The Morgan fingerprint density at radius 1 is 1.14 bits per heavy atom. The fourth-order valence-electron chi connectivity index (χ4n) is 2.13. The predicted molar refractivity (Wildman–Crippen MR) is 89.1 cm³/mol. The standard InChI is InChI=1S/C17H17N3S/c1-21-17-4-2-3-15(11-17)19-12-14-5-7-16(8-6-14)20-10-9-18-13-20/h2-11,13,19H,12H2,1H3. The van der Waals surface area contributed by atoms with Gasteiger partial charge in [0.05, 0.1) is 6.33 Å². The largest absolute Gasteiger partial charge is 0.381 e. The van der Waals surface area contributed by atoms with Crippen LogP contribution in [0.5, 0.6) is 0 Å². The van der Waals surface area contributed by atoms with Crippen LogP contribution in [-0.4, -0.2) is 15.8 Å². The molecule has 2 aromatic carbocycles. The van der Waals surface area contributed by atoms with Gasteiger partial charge in [-0.3, -0.25) is 0 Å². The van der Waals surface area contributed by atoms with Crippen LogP contribution in [0.2, 0.25) is 0 Å². The number of hydrogen-bond donors (Lipinski definition) is 1. The quantitative estimate of drug-likeness (QED) is 0.715. The fraction of sp³-hybridized carbons (Fsp3) is 0.118. The molecule has 0 saturated heterocycles. The molecule has 0 radical (unpaired) electrons. The first-order valence-electron chi connectivity index (χ1n) is 6.80. The molecule has 0 aliphatic rings. The molecule has 3 aromatic rings. The van der Waals surface area contributed by atoms with Crippen molar-refractivity contribution in [1.82, 2.24) is 9.55 Å². The molecule has 1 N–H and O–H groups in total. The molecule has 0 aliphatic carbocycles. The maximum atomic E-state index is 4.06. The van der Waals surface area contributed by atoms with Crippen molar-refractivity contribution in [2.75, 3.05) is 11.6 Å². The van der Waals surface area contributed by atoms with Crippen LogP contribution in [0.1, 0.15) is 5.56 Å². The lowest BCUT2D eigenvalue weighted by Gasteiger charge is -2.09. The van der Waals surface area contributed by atoms with Gasteiger partial charge in [-0.25, -0.2) is 4.98 Å². The lowest BCUT2D eigenvalue weighted by molar-refractivity contribution is 1.05. The highest BCUT2D eigenvalue weighted by Crippen LogP contribution is 2.19. The van der Waals surface area contributed by atoms with Crippen molar-refractivity contribution in [2.24, 2.45) is 0 Å². The molecule has 0 bridgehead atoms. The van der Waals surface area contributed by atoms with Gasteiger partial charge in [0.2, 0.25) is 0 Å². The highest BCUT2D eigenvalue weighted by molar-refractivity contribution is 7.98. The van der Waals surface area contributed by atoms with E-state index in [4.69, 9.17) is 0 Å². The van der Waals surface area contributed by atoms with Crippen LogP contribution in [-0.2, 0) is 6.54 Å². The zero-order valence-electron chi connectivity index (χ0n) is 11.9. The summed E-state index contributed by atoms with van der Waals surface area (Å²) < 4.78 is 2.00. The van der Waals surface area contributed by atoms with Gasteiger partial charge in [0.25, 0.3) is 0 Å². The minimum absolute atomic E-state index is 0.821. The number of nitrogens with one attached hydrogen (secondary N) is 1. The molecule has 0 spiro atoms. The van der Waals surface area contributed by atoms with Crippen molar-refractivity contribution in [2.45, 2.75) is 11.4 Å². The van der Waals surface area contributed by atoms with Gasteiger partial charge in [-0.15, -0.1) is 11.8 Å². The van der Waals surface area contributed by atoms with Crippen molar-refractivity contribution in [3.05, 3.63) is 72.8 Å². The van der Waals surface area contributed by atoms with Gasteiger partial charge < -0.3 is 9.88 Å². The molecule has 3 rings (SSSR count). The molecule has 0 unspecified atom stereocenters. The first-order chi connectivity index (χ1) is 10.3. The summed E-state index contributed by atoms with van der Waals surface area (Å²) in [5.74, 6) is 0. The second-order valence-electron chi connectivity index (χ2n) is 4.72. The van der Waals surface area contributed by atoms with E-state index in [9.17, 15) is 0 Å². The van der Waals surface area contributed by atoms with Crippen molar-refractivity contribution >= 4 is 17.4 Å². The second kappa shape index (κ2) is 6.50. The number of rotatable bonds is 5. The van der Waals surface area contributed by atoms with Crippen LogP contribution in [0.3, 0.4) is 0 Å². The number of imidazole rings is 1. The van der Waals surface area contributed by atoms with E-state index in [1.807, 2.05) is 10.8 Å². The molecular weight excluding hydrogens is 278 g/mol. The molecule has 3 nitrogen and oxygen atoms in total. The first-order valence-corrected chi connectivity index (χ1v) is 8.03. The van der Waals surface area contributed by atoms with Crippen molar-refractivity contribution in [3.8, 4) is 5.69 Å². The van der Waals surface area contributed by atoms with E-state index in [1.54, 1.807) is 24.3 Å². The van der Waals surface area contributed by atoms with Crippen molar-refractivity contribution in [3.63, 3.8) is 0 Å². The second-order valence-corrected chi connectivity index (χ2v) is 5.60. The fourth-order valence-corrected chi connectivity index (χ4v) is 2.59. The van der Waals surface area contributed by atoms with E-state index >= 15 is 0 Å². The number of hydrogen-bond acceptors (Lipinski definition) is 3. The molecule has 1 heterocycles. The number of benzene rings is 2. The summed E-state index contributed by atoms with van der Waals surface area (Å²) in [7, 11) is 0. The van der Waals surface area contributed by atoms with Gasteiger partial charge in [-0.05, 0) is 42.2 Å². The first kappa shape index (κ1) is 13.8. The monoisotopic (exact) mass is 295 g/mol. The number of nitrogens with zero attached hydrogens (tertiary/aromatic N) is 2. The van der Waals surface area contributed by atoms with Gasteiger partial charge in [-0.1, -0.05) is 18.2 Å². The summed E-state index contributed by atoms with van der Waals surface area (Å²) in [6, 6.07) is 17.0. The Bertz CT molecular complexity index is 690. The summed E-state index contributed by atoms with van der Waals surface area (Å²) in [6.07, 6.45) is 7.63. The summed E-state index contributed by atoms with van der Waals surface area (Å²) in [5, 5.41) is 3.46. The number of aromatic nitrogens is 2. The third-order valence-corrected chi connectivity index (χ3v) is 4.03. The Labute approximate surface area is 129 Å². The molecule has 1 aromatic heterocycles. The third-order valence-electron chi connectivity index (χ3n) is 3.31. The van der Waals surface area contributed by atoms with Crippen LogP contribution < -0.4 is 5.32 Å². The van der Waals surface area contributed by atoms with Crippen LogP contribution in [0.4, 0.5) is 5.69 Å². The third kappa shape index (κ3) is 3.47. The smallest absolute Gasteiger partial charge is 0.0991 e. The topological polar surface area (TPSA) is 29.9 Å². The molecule has 106 valence electrons. The van der Waals surface area contributed by atoms with E-state index in [0.29, 0.717) is 0 Å². The summed E-state index contributed by atoms with van der Waals surface area (Å²) in [6.45, 7) is 0.821. The highest BCUT2D eigenvalue weighted by atomic mass is 32.2. The lowest BCUT2D eigenvalue weighted by atomic mass is 10.2. The zero-order valence-corrected chi connectivity index (χ0v) is 12.7. The van der Waals surface area contributed by atoms with Gasteiger partial charge >= 0.3 is 0 Å². The van der Waals surface area contributed by atoms with Gasteiger partial charge in [0.1, 0.15) is 0 Å². The molecule has 0 fully saturated rings. The Hall–Kier alpha value is -2.20. The lowest BCUT2D eigenvalue weighted by Crippen LogP contribution is -1.99. The van der Waals surface area contributed by atoms with Crippen molar-refractivity contribution in [1.29, 1.82) is 0 Å². The van der Waals surface area contributed by atoms with Crippen LogP contribution in [0.15, 0.2) is 72.1 Å². The van der Waals surface area contributed by atoms with Gasteiger partial charge in [0.15, 0.2) is 0 Å². The minimum Gasteiger partial charge on any atom is -0.381 e. The van der Waals surface area contributed by atoms with E-state index in [2.05, 4.69) is 65.1 Å².